The Balaban J connectivity index is 2.29. The van der Waals surface area contributed by atoms with Gasteiger partial charge in [-0.1, -0.05) is 0 Å². The van der Waals surface area contributed by atoms with Crippen molar-refractivity contribution in [1.29, 1.82) is 0 Å². The molecule has 12 heavy (non-hydrogen) atoms. The second-order valence-electron chi connectivity index (χ2n) is 3.12. The lowest BCUT2D eigenvalue weighted by Gasteiger charge is -2.29. The van der Waals surface area contributed by atoms with Crippen LogP contribution in [0.5, 0.6) is 0 Å². The van der Waals surface area contributed by atoms with Crippen LogP contribution in [0, 0.1) is 5.92 Å². The summed E-state index contributed by atoms with van der Waals surface area (Å²) in [5, 5.41) is 6.49. The Labute approximate surface area is 74.0 Å². The zero-order valence-corrected chi connectivity index (χ0v) is 7.89. The van der Waals surface area contributed by atoms with Gasteiger partial charge in [-0.15, -0.1) is 0 Å². The van der Waals surface area contributed by atoms with Crippen LogP contribution >= 0.6 is 0 Å². The Hall–Kier alpha value is -0.160. The van der Waals surface area contributed by atoms with Crippen molar-refractivity contribution in [2.75, 3.05) is 27.2 Å². The van der Waals surface area contributed by atoms with Crippen LogP contribution in [0.3, 0.4) is 0 Å². The van der Waals surface area contributed by atoms with Gasteiger partial charge >= 0.3 is 0 Å². The largest absolute Gasteiger partial charge is 0.317 e. The van der Waals surface area contributed by atoms with Crippen LogP contribution in [0.4, 0.5) is 0 Å². The molecule has 0 aliphatic carbocycles. The Morgan fingerprint density at radius 2 is 2.00 bits per heavy atom. The molecule has 1 rings (SSSR count). The van der Waals surface area contributed by atoms with Crippen LogP contribution in [0.15, 0.2) is 0 Å². The van der Waals surface area contributed by atoms with Gasteiger partial charge in [0.25, 0.3) is 0 Å². The van der Waals surface area contributed by atoms with E-state index in [1.165, 1.54) is 12.8 Å². The molecule has 72 valence electrons. The first kappa shape index (κ1) is 9.92. The Kier molecular flexibility index (Phi) is 4.53. The minimum atomic E-state index is 0.150. The number of piperidine rings is 1. The predicted molar refractivity (Wildman–Crippen MR) is 48.6 cm³/mol. The van der Waals surface area contributed by atoms with Crippen LogP contribution < -0.4 is 16.1 Å². The lowest BCUT2D eigenvalue weighted by molar-refractivity contribution is -0.0655. The van der Waals surface area contributed by atoms with Crippen molar-refractivity contribution in [3.05, 3.63) is 0 Å². The average Bonchev–Trinajstić information content (AvgIpc) is 2.15. The van der Waals surface area contributed by atoms with Crippen molar-refractivity contribution in [2.24, 2.45) is 5.92 Å². The first-order valence-electron chi connectivity index (χ1n) is 4.59. The zero-order chi connectivity index (χ0) is 8.81. The van der Waals surface area contributed by atoms with Gasteiger partial charge < -0.3 is 5.32 Å². The number of hydrogen-bond acceptors (Lipinski definition) is 4. The molecule has 1 fully saturated rings. The molecule has 0 spiro atoms. The summed E-state index contributed by atoms with van der Waals surface area (Å²) in [4.78, 5) is 5.34. The highest BCUT2D eigenvalue weighted by molar-refractivity contribution is 4.73. The van der Waals surface area contributed by atoms with E-state index >= 15 is 0 Å². The van der Waals surface area contributed by atoms with E-state index in [4.69, 9.17) is 4.84 Å². The summed E-state index contributed by atoms with van der Waals surface area (Å²) in [5.74, 6) is 0.628. The zero-order valence-electron chi connectivity index (χ0n) is 7.89. The van der Waals surface area contributed by atoms with Gasteiger partial charge in [-0.2, -0.15) is 0 Å². The molecule has 0 aromatic carbocycles. The molecule has 1 aliphatic heterocycles. The maximum absolute atomic E-state index is 5.34. The summed E-state index contributed by atoms with van der Waals surface area (Å²) in [6.07, 6.45) is 2.53. The number of rotatable bonds is 4. The minimum Gasteiger partial charge on any atom is -0.317 e. The van der Waals surface area contributed by atoms with Gasteiger partial charge in [-0.25, -0.2) is 5.48 Å². The van der Waals surface area contributed by atoms with Gasteiger partial charge in [0.05, 0.1) is 0 Å². The van der Waals surface area contributed by atoms with Crippen molar-refractivity contribution in [3.63, 3.8) is 0 Å². The summed E-state index contributed by atoms with van der Waals surface area (Å²) in [6, 6.07) is 0. The monoisotopic (exact) mass is 173 g/mol. The third-order valence-corrected chi connectivity index (χ3v) is 2.34. The third-order valence-electron chi connectivity index (χ3n) is 2.34. The van der Waals surface area contributed by atoms with E-state index in [2.05, 4.69) is 16.1 Å². The topological polar surface area (TPSA) is 45.3 Å². The molecule has 0 aromatic heterocycles. The Bertz CT molecular complexity index is 112. The number of nitrogens with one attached hydrogen (secondary N) is 3. The van der Waals surface area contributed by atoms with E-state index in [9.17, 15) is 0 Å². The quantitative estimate of drug-likeness (QED) is 0.403. The molecule has 3 N–H and O–H groups in total. The van der Waals surface area contributed by atoms with Crippen LogP contribution in [-0.2, 0) is 4.84 Å². The van der Waals surface area contributed by atoms with E-state index in [0.29, 0.717) is 5.92 Å². The van der Waals surface area contributed by atoms with Gasteiger partial charge in [-0.05, 0) is 33.0 Å². The maximum atomic E-state index is 5.34. The van der Waals surface area contributed by atoms with Gasteiger partial charge in [0.15, 0.2) is 0 Å². The van der Waals surface area contributed by atoms with Crippen LogP contribution in [0.1, 0.15) is 12.8 Å². The molecular weight excluding hydrogens is 154 g/mol. The van der Waals surface area contributed by atoms with Gasteiger partial charge in [-0.3, -0.25) is 10.2 Å². The highest BCUT2D eigenvalue weighted by atomic mass is 16.7. The fourth-order valence-electron chi connectivity index (χ4n) is 1.66. The first-order chi connectivity index (χ1) is 5.88. The molecule has 1 saturated heterocycles. The van der Waals surface area contributed by atoms with E-state index in [0.717, 1.165) is 13.1 Å². The van der Waals surface area contributed by atoms with E-state index in [-0.39, 0.29) is 6.23 Å². The number of hydrogen-bond donors (Lipinski definition) is 3. The second kappa shape index (κ2) is 5.48. The van der Waals surface area contributed by atoms with Crippen molar-refractivity contribution in [1.82, 2.24) is 16.1 Å². The molecule has 0 saturated carbocycles. The summed E-state index contributed by atoms with van der Waals surface area (Å²) >= 11 is 0. The molecular formula is C8H19N3O. The van der Waals surface area contributed by atoms with Gasteiger partial charge in [0, 0.05) is 13.0 Å². The summed E-state index contributed by atoms with van der Waals surface area (Å²) in [6.45, 7) is 2.21. The predicted octanol–water partition coefficient (Wildman–Crippen LogP) is -0.317. The summed E-state index contributed by atoms with van der Waals surface area (Å²) in [7, 11) is 3.73. The highest BCUT2D eigenvalue weighted by Crippen LogP contribution is 2.15. The first-order valence-corrected chi connectivity index (χ1v) is 4.59. The van der Waals surface area contributed by atoms with Crippen molar-refractivity contribution >= 4 is 0 Å². The molecule has 4 heteroatoms. The molecule has 4 nitrogen and oxygen atoms in total. The summed E-state index contributed by atoms with van der Waals surface area (Å²) < 4.78 is 0. The van der Waals surface area contributed by atoms with E-state index in [1.54, 1.807) is 7.05 Å². The lowest BCUT2D eigenvalue weighted by atomic mass is 9.96. The van der Waals surface area contributed by atoms with Crippen LogP contribution in [0.2, 0.25) is 0 Å². The molecule has 1 heterocycles. The van der Waals surface area contributed by atoms with E-state index < -0.39 is 0 Å². The standard InChI is InChI=1S/C8H19N3O/c1-9-8(12-10-2)7-3-5-11-6-4-7/h7-11H,3-6H2,1-2H3. The van der Waals surface area contributed by atoms with Crippen molar-refractivity contribution < 1.29 is 4.84 Å². The molecule has 1 aliphatic rings. The smallest absolute Gasteiger partial charge is 0.132 e. The SMILES string of the molecule is CNOC(NC)C1CCNCC1. The molecule has 1 atom stereocenters. The maximum Gasteiger partial charge on any atom is 0.132 e. The second-order valence-corrected chi connectivity index (χ2v) is 3.12. The fraction of sp³-hybridized carbons (Fsp3) is 1.00. The van der Waals surface area contributed by atoms with Crippen LogP contribution in [0.25, 0.3) is 0 Å². The molecule has 0 amide bonds. The van der Waals surface area contributed by atoms with Crippen molar-refractivity contribution in [2.45, 2.75) is 19.1 Å². The lowest BCUT2D eigenvalue weighted by Crippen LogP contribution is -2.43. The van der Waals surface area contributed by atoms with E-state index in [1.807, 2.05) is 7.05 Å². The highest BCUT2D eigenvalue weighted by Gasteiger charge is 2.22. The van der Waals surface area contributed by atoms with Gasteiger partial charge in [0.2, 0.25) is 0 Å². The third kappa shape index (κ3) is 2.71. The molecule has 0 radical (unpaired) electrons. The Morgan fingerprint density at radius 1 is 1.33 bits per heavy atom. The number of hydroxylamine groups is 1. The van der Waals surface area contributed by atoms with Crippen molar-refractivity contribution in [3.8, 4) is 0 Å². The van der Waals surface area contributed by atoms with Crippen LogP contribution in [-0.4, -0.2) is 33.4 Å². The normalized spacial score (nSPS) is 22.5. The average molecular weight is 173 g/mol. The minimum absolute atomic E-state index is 0.150. The van der Waals surface area contributed by atoms with Gasteiger partial charge in [0.1, 0.15) is 6.23 Å². The molecule has 1 unspecified atom stereocenters. The Morgan fingerprint density at radius 3 is 2.50 bits per heavy atom. The summed E-state index contributed by atoms with van der Waals surface area (Å²) in [5.41, 5.74) is 2.73. The fourth-order valence-corrected chi connectivity index (χ4v) is 1.66. The molecule has 0 aromatic rings. The molecule has 0 bridgehead atoms.